The van der Waals surface area contributed by atoms with Crippen molar-refractivity contribution in [1.82, 2.24) is 15.0 Å². The highest BCUT2D eigenvalue weighted by molar-refractivity contribution is 7.90. The molecule has 29 heavy (non-hydrogen) atoms. The largest absolute Gasteiger partial charge is 0.359 e. The van der Waals surface area contributed by atoms with E-state index in [1.807, 2.05) is 6.92 Å². The highest BCUT2D eigenvalue weighted by Gasteiger charge is 2.11. The maximum atomic E-state index is 14.8. The third-order valence-corrected chi connectivity index (χ3v) is 5.42. The molecule has 0 aliphatic heterocycles. The average Bonchev–Trinajstić information content (AvgIpc) is 3.05. The lowest BCUT2D eigenvalue weighted by Gasteiger charge is -2.10. The molecule has 0 aliphatic rings. The molecule has 4 aromatic rings. The van der Waals surface area contributed by atoms with Crippen LogP contribution in [0.1, 0.15) is 5.69 Å². The Morgan fingerprint density at radius 2 is 1.90 bits per heavy atom. The molecule has 2 aromatic carbocycles. The molecule has 0 atom stereocenters. The second-order valence-electron chi connectivity index (χ2n) is 6.66. The predicted molar refractivity (Wildman–Crippen MR) is 111 cm³/mol. The van der Waals surface area contributed by atoms with Crippen LogP contribution >= 0.6 is 0 Å². The summed E-state index contributed by atoms with van der Waals surface area (Å²) in [5, 5.41) is 6.42. The third kappa shape index (κ3) is 4.04. The number of H-pyrrole nitrogens is 1. The molecule has 0 radical (unpaired) electrons. The van der Waals surface area contributed by atoms with Crippen molar-refractivity contribution in [3.63, 3.8) is 0 Å². The number of hydrogen-bond acceptors (Lipinski definition) is 6. The quantitative estimate of drug-likeness (QED) is 0.453. The zero-order valence-electron chi connectivity index (χ0n) is 15.7. The lowest BCUT2D eigenvalue weighted by atomic mass is 10.2. The molecule has 0 bridgehead atoms. The van der Waals surface area contributed by atoms with Crippen molar-refractivity contribution in [2.24, 2.45) is 0 Å². The van der Waals surface area contributed by atoms with Gasteiger partial charge in [-0.15, -0.1) is 0 Å². The summed E-state index contributed by atoms with van der Waals surface area (Å²) in [6.07, 6.45) is 2.67. The summed E-state index contributed by atoms with van der Waals surface area (Å²) in [6, 6.07) is 13.1. The van der Waals surface area contributed by atoms with Gasteiger partial charge in [0.05, 0.1) is 10.6 Å². The van der Waals surface area contributed by atoms with E-state index in [4.69, 9.17) is 0 Å². The summed E-state index contributed by atoms with van der Waals surface area (Å²) in [4.78, 5) is 11.7. The number of halogens is 1. The van der Waals surface area contributed by atoms with E-state index >= 15 is 0 Å². The Bertz CT molecular complexity index is 1320. The molecule has 148 valence electrons. The second kappa shape index (κ2) is 7.17. The van der Waals surface area contributed by atoms with Crippen molar-refractivity contribution < 1.29 is 12.8 Å². The van der Waals surface area contributed by atoms with Gasteiger partial charge in [0.1, 0.15) is 5.82 Å². The second-order valence-corrected chi connectivity index (χ2v) is 8.67. The van der Waals surface area contributed by atoms with E-state index < -0.39 is 9.84 Å². The van der Waals surface area contributed by atoms with Gasteiger partial charge in [-0.05, 0) is 49.4 Å². The topological polar surface area (TPSA) is 99.8 Å². The lowest BCUT2D eigenvalue weighted by molar-refractivity contribution is 0.602. The highest BCUT2D eigenvalue weighted by atomic mass is 32.2. The molecule has 0 amide bonds. The molecule has 0 spiro atoms. The van der Waals surface area contributed by atoms with Gasteiger partial charge in [-0.3, -0.25) is 0 Å². The molecule has 2 heterocycles. The Balaban J connectivity index is 1.59. The molecule has 7 nitrogen and oxygen atoms in total. The van der Waals surface area contributed by atoms with Gasteiger partial charge >= 0.3 is 0 Å². The molecule has 9 heteroatoms. The van der Waals surface area contributed by atoms with E-state index in [2.05, 4.69) is 25.6 Å². The number of rotatable bonds is 5. The van der Waals surface area contributed by atoms with Crippen LogP contribution in [0.3, 0.4) is 0 Å². The van der Waals surface area contributed by atoms with Crippen LogP contribution in [-0.4, -0.2) is 29.6 Å². The number of aromatic amines is 1. The number of fused-ring (bicyclic) bond motifs is 1. The summed E-state index contributed by atoms with van der Waals surface area (Å²) < 4.78 is 38.2. The van der Waals surface area contributed by atoms with Crippen LogP contribution in [0.25, 0.3) is 10.9 Å². The van der Waals surface area contributed by atoms with Crippen molar-refractivity contribution in [1.29, 1.82) is 0 Å². The van der Waals surface area contributed by atoms with Gasteiger partial charge in [0, 0.05) is 34.7 Å². The van der Waals surface area contributed by atoms with Crippen molar-refractivity contribution >= 4 is 43.9 Å². The molecule has 0 aliphatic carbocycles. The predicted octanol–water partition coefficient (Wildman–Crippen LogP) is 4.30. The van der Waals surface area contributed by atoms with Crippen LogP contribution in [0.2, 0.25) is 0 Å². The molecule has 0 saturated carbocycles. The standard InChI is InChI=1S/C20H18FN5O2S/c1-12-10-15-16(23-12)6-7-17(19(15)21)25-18-8-9-22-20(26-18)24-13-4-3-5-14(11-13)29(2,27)28/h3-11,23H,1-2H3,(H2,22,24,25,26). The minimum absolute atomic E-state index is 0.189. The first-order valence-electron chi connectivity index (χ1n) is 8.75. The number of aromatic nitrogens is 3. The summed E-state index contributed by atoms with van der Waals surface area (Å²) >= 11 is 0. The maximum absolute atomic E-state index is 14.8. The van der Waals surface area contributed by atoms with Gasteiger partial charge in [-0.25, -0.2) is 17.8 Å². The van der Waals surface area contributed by atoms with E-state index in [0.717, 1.165) is 17.5 Å². The molecular weight excluding hydrogens is 393 g/mol. The first kappa shape index (κ1) is 18.9. The summed E-state index contributed by atoms with van der Waals surface area (Å²) in [6.45, 7) is 1.87. The maximum Gasteiger partial charge on any atom is 0.229 e. The van der Waals surface area contributed by atoms with E-state index in [1.54, 1.807) is 36.4 Å². The lowest BCUT2D eigenvalue weighted by Crippen LogP contribution is -2.02. The van der Waals surface area contributed by atoms with Gasteiger partial charge in [-0.2, -0.15) is 4.98 Å². The fourth-order valence-electron chi connectivity index (χ4n) is 2.96. The van der Waals surface area contributed by atoms with Crippen LogP contribution in [0.5, 0.6) is 0 Å². The van der Waals surface area contributed by atoms with Crippen molar-refractivity contribution in [2.45, 2.75) is 11.8 Å². The molecule has 0 saturated heterocycles. The average molecular weight is 411 g/mol. The van der Waals surface area contributed by atoms with Crippen LogP contribution in [0.4, 0.5) is 27.5 Å². The smallest absolute Gasteiger partial charge is 0.229 e. The molecule has 2 aromatic heterocycles. The Kier molecular flexibility index (Phi) is 4.67. The van der Waals surface area contributed by atoms with E-state index in [0.29, 0.717) is 22.6 Å². The molecular formula is C20H18FN5O2S. The van der Waals surface area contributed by atoms with Gasteiger partial charge in [0.15, 0.2) is 15.7 Å². The first-order chi connectivity index (χ1) is 13.8. The van der Waals surface area contributed by atoms with Crippen molar-refractivity contribution in [3.05, 3.63) is 66.2 Å². The van der Waals surface area contributed by atoms with Gasteiger partial charge < -0.3 is 15.6 Å². The van der Waals surface area contributed by atoms with E-state index in [1.165, 1.54) is 18.3 Å². The van der Waals surface area contributed by atoms with Crippen LogP contribution in [0, 0.1) is 12.7 Å². The van der Waals surface area contributed by atoms with Crippen LogP contribution in [0.15, 0.2) is 59.6 Å². The fraction of sp³-hybridized carbons (Fsp3) is 0.100. The molecule has 3 N–H and O–H groups in total. The number of benzene rings is 2. The summed E-state index contributed by atoms with van der Waals surface area (Å²) in [5.74, 6) is 0.271. The Labute approximate surface area is 166 Å². The molecule has 0 fully saturated rings. The van der Waals surface area contributed by atoms with Crippen molar-refractivity contribution in [3.8, 4) is 0 Å². The number of aryl methyl sites for hydroxylation is 1. The minimum atomic E-state index is -3.32. The Morgan fingerprint density at radius 3 is 2.69 bits per heavy atom. The first-order valence-corrected chi connectivity index (χ1v) is 10.6. The third-order valence-electron chi connectivity index (χ3n) is 4.31. The number of hydrogen-bond donors (Lipinski definition) is 3. The van der Waals surface area contributed by atoms with Crippen molar-refractivity contribution in [2.75, 3.05) is 16.9 Å². The van der Waals surface area contributed by atoms with Gasteiger partial charge in [0.2, 0.25) is 5.95 Å². The Morgan fingerprint density at radius 1 is 1.07 bits per heavy atom. The van der Waals surface area contributed by atoms with E-state index in [-0.39, 0.29) is 16.7 Å². The zero-order valence-corrected chi connectivity index (χ0v) is 16.5. The monoisotopic (exact) mass is 411 g/mol. The number of nitrogens with zero attached hydrogens (tertiary/aromatic N) is 2. The van der Waals surface area contributed by atoms with Gasteiger partial charge in [0.25, 0.3) is 0 Å². The SMILES string of the molecule is Cc1cc2c(F)c(Nc3ccnc(Nc4cccc(S(C)(=O)=O)c4)n3)ccc2[nH]1. The van der Waals surface area contributed by atoms with Gasteiger partial charge in [-0.1, -0.05) is 6.07 Å². The Hall–Kier alpha value is -3.46. The summed E-state index contributed by atoms with van der Waals surface area (Å²) in [7, 11) is -3.32. The fourth-order valence-corrected chi connectivity index (χ4v) is 3.63. The molecule has 0 unspecified atom stereocenters. The van der Waals surface area contributed by atoms with Crippen LogP contribution < -0.4 is 10.6 Å². The number of nitrogens with one attached hydrogen (secondary N) is 3. The van der Waals surface area contributed by atoms with E-state index in [9.17, 15) is 12.8 Å². The summed E-state index contributed by atoms with van der Waals surface area (Å²) in [5.41, 5.74) is 2.42. The molecule has 4 rings (SSSR count). The number of anilines is 4. The highest BCUT2D eigenvalue weighted by Crippen LogP contribution is 2.27. The normalized spacial score (nSPS) is 11.6. The number of sulfone groups is 1. The zero-order chi connectivity index (χ0) is 20.6. The minimum Gasteiger partial charge on any atom is -0.359 e. The van der Waals surface area contributed by atoms with Crippen LogP contribution in [-0.2, 0) is 9.84 Å².